The minimum absolute atomic E-state index is 0.105. The fraction of sp³-hybridized carbons (Fsp3) is 0.222. The van der Waals surface area contributed by atoms with E-state index < -0.39 is 0 Å². The Balaban J connectivity index is 1.87. The number of rotatable bonds is 5. The van der Waals surface area contributed by atoms with Gasteiger partial charge in [0, 0.05) is 4.90 Å². The lowest BCUT2D eigenvalue weighted by atomic mass is 10.00. The van der Waals surface area contributed by atoms with Crippen molar-refractivity contribution in [3.05, 3.63) is 64.7 Å². The maximum absolute atomic E-state index is 11.8. The number of hydrogen-bond donors (Lipinski definition) is 1. The lowest BCUT2D eigenvalue weighted by Gasteiger charge is -2.07. The molecule has 0 aromatic heterocycles. The van der Waals surface area contributed by atoms with Crippen LogP contribution in [0.2, 0.25) is 0 Å². The van der Waals surface area contributed by atoms with Crippen LogP contribution in [0.4, 0.5) is 0 Å². The fourth-order valence-electron chi connectivity index (χ4n) is 1.99. The molecule has 0 radical (unpaired) electrons. The number of carbonyl (C=O) groups excluding carboxylic acids is 1. The molecule has 2 rings (SSSR count). The van der Waals surface area contributed by atoms with E-state index in [4.69, 9.17) is 0 Å². The topological polar surface area (TPSA) is 41.5 Å². The highest BCUT2D eigenvalue weighted by atomic mass is 32.2. The van der Waals surface area contributed by atoms with Crippen LogP contribution in [-0.2, 0) is 4.79 Å². The predicted molar refractivity (Wildman–Crippen MR) is 93.6 cm³/mol. The molecule has 0 aliphatic carbocycles. The zero-order chi connectivity index (χ0) is 15.9. The SMILES string of the molecule is Cc1ccc(/C=N\NC(=O)CSc2ccccc2)c(C)c1C. The third kappa shape index (κ3) is 4.46. The lowest BCUT2D eigenvalue weighted by molar-refractivity contribution is -0.118. The van der Waals surface area contributed by atoms with Crippen LogP contribution in [0.25, 0.3) is 0 Å². The minimum atomic E-state index is -0.105. The van der Waals surface area contributed by atoms with Gasteiger partial charge in [0.15, 0.2) is 0 Å². The van der Waals surface area contributed by atoms with Crippen LogP contribution in [-0.4, -0.2) is 17.9 Å². The molecule has 0 aliphatic rings. The molecule has 1 N–H and O–H groups in total. The number of thioether (sulfide) groups is 1. The average Bonchev–Trinajstić information content (AvgIpc) is 2.54. The van der Waals surface area contributed by atoms with Gasteiger partial charge in [-0.2, -0.15) is 5.10 Å². The molecule has 2 aromatic carbocycles. The van der Waals surface area contributed by atoms with Crippen molar-refractivity contribution in [2.24, 2.45) is 5.10 Å². The van der Waals surface area contributed by atoms with Crippen LogP contribution in [0.3, 0.4) is 0 Å². The van der Waals surface area contributed by atoms with E-state index in [0.29, 0.717) is 5.75 Å². The second-order valence-corrected chi connectivity index (χ2v) is 6.17. The molecule has 22 heavy (non-hydrogen) atoms. The summed E-state index contributed by atoms with van der Waals surface area (Å²) in [5.74, 6) is 0.249. The second kappa shape index (κ2) is 7.80. The van der Waals surface area contributed by atoms with Gasteiger partial charge in [-0.05, 0) is 55.2 Å². The molecule has 0 saturated heterocycles. The Bertz CT molecular complexity index is 681. The molecule has 0 spiro atoms. The van der Waals surface area contributed by atoms with Gasteiger partial charge in [0.2, 0.25) is 5.91 Å². The molecule has 3 nitrogen and oxygen atoms in total. The number of aryl methyl sites for hydroxylation is 1. The van der Waals surface area contributed by atoms with Crippen LogP contribution in [0.1, 0.15) is 22.3 Å². The van der Waals surface area contributed by atoms with Gasteiger partial charge < -0.3 is 0 Å². The first-order chi connectivity index (χ1) is 10.6. The third-order valence-electron chi connectivity index (χ3n) is 3.61. The maximum atomic E-state index is 11.8. The Morgan fingerprint density at radius 2 is 1.82 bits per heavy atom. The Hall–Kier alpha value is -2.07. The molecule has 1 amide bonds. The monoisotopic (exact) mass is 312 g/mol. The zero-order valence-corrected chi connectivity index (χ0v) is 13.9. The summed E-state index contributed by atoms with van der Waals surface area (Å²) in [4.78, 5) is 12.8. The second-order valence-electron chi connectivity index (χ2n) is 5.12. The van der Waals surface area contributed by atoms with E-state index in [-0.39, 0.29) is 5.91 Å². The third-order valence-corrected chi connectivity index (χ3v) is 4.62. The summed E-state index contributed by atoms with van der Waals surface area (Å²) in [6.07, 6.45) is 1.70. The Kier molecular flexibility index (Phi) is 5.78. The maximum Gasteiger partial charge on any atom is 0.250 e. The molecule has 0 heterocycles. The highest BCUT2D eigenvalue weighted by Crippen LogP contribution is 2.16. The van der Waals surface area contributed by atoms with E-state index >= 15 is 0 Å². The summed E-state index contributed by atoms with van der Waals surface area (Å²) in [5, 5.41) is 4.05. The van der Waals surface area contributed by atoms with Crippen LogP contribution in [0, 0.1) is 20.8 Å². The van der Waals surface area contributed by atoms with Gasteiger partial charge in [0.05, 0.1) is 12.0 Å². The molecule has 0 fully saturated rings. The Labute approximate surface area is 135 Å². The van der Waals surface area contributed by atoms with Crippen molar-refractivity contribution < 1.29 is 4.79 Å². The number of nitrogens with one attached hydrogen (secondary N) is 1. The van der Waals surface area contributed by atoms with Crippen molar-refractivity contribution in [1.82, 2.24) is 5.43 Å². The van der Waals surface area contributed by atoms with Crippen molar-refractivity contribution in [2.75, 3.05) is 5.75 Å². The number of nitrogens with zero attached hydrogens (tertiary/aromatic N) is 1. The van der Waals surface area contributed by atoms with E-state index in [1.165, 1.54) is 28.5 Å². The van der Waals surface area contributed by atoms with Gasteiger partial charge in [-0.25, -0.2) is 5.43 Å². The summed E-state index contributed by atoms with van der Waals surface area (Å²) in [7, 11) is 0. The summed E-state index contributed by atoms with van der Waals surface area (Å²) >= 11 is 1.50. The first kappa shape index (κ1) is 16.3. The number of amides is 1. The standard InChI is InChI=1S/C18H20N2OS/c1-13-9-10-16(15(3)14(13)2)11-19-20-18(21)12-22-17-7-5-4-6-8-17/h4-11H,12H2,1-3H3,(H,20,21)/b19-11-. The first-order valence-corrected chi connectivity index (χ1v) is 8.13. The van der Waals surface area contributed by atoms with Crippen molar-refractivity contribution in [3.63, 3.8) is 0 Å². The van der Waals surface area contributed by atoms with Crippen LogP contribution < -0.4 is 5.43 Å². The molecule has 0 unspecified atom stereocenters. The fourth-order valence-corrected chi connectivity index (χ4v) is 2.70. The molecular weight excluding hydrogens is 292 g/mol. The van der Waals surface area contributed by atoms with Gasteiger partial charge in [-0.3, -0.25) is 4.79 Å². The number of hydrogen-bond acceptors (Lipinski definition) is 3. The van der Waals surface area contributed by atoms with Gasteiger partial charge in [0.25, 0.3) is 0 Å². The summed E-state index contributed by atoms with van der Waals surface area (Å²) in [6.45, 7) is 6.25. The highest BCUT2D eigenvalue weighted by molar-refractivity contribution is 8.00. The number of hydrazone groups is 1. The van der Waals surface area contributed by atoms with E-state index in [1.807, 2.05) is 36.4 Å². The molecule has 4 heteroatoms. The summed E-state index contributed by atoms with van der Waals surface area (Å²) in [5.41, 5.74) is 7.31. The van der Waals surface area contributed by atoms with Crippen molar-refractivity contribution >= 4 is 23.9 Å². The smallest absolute Gasteiger partial charge is 0.250 e. The zero-order valence-electron chi connectivity index (χ0n) is 13.1. The van der Waals surface area contributed by atoms with Crippen LogP contribution in [0.5, 0.6) is 0 Å². The molecule has 114 valence electrons. The largest absolute Gasteiger partial charge is 0.272 e. The molecule has 2 aromatic rings. The molecule has 0 atom stereocenters. The predicted octanol–water partition coefficient (Wildman–Crippen LogP) is 3.85. The minimum Gasteiger partial charge on any atom is -0.272 e. The van der Waals surface area contributed by atoms with Gasteiger partial charge in [-0.15, -0.1) is 11.8 Å². The van der Waals surface area contributed by atoms with Crippen molar-refractivity contribution in [2.45, 2.75) is 25.7 Å². The quantitative estimate of drug-likeness (QED) is 0.517. The Morgan fingerprint density at radius 1 is 1.09 bits per heavy atom. The number of benzene rings is 2. The van der Waals surface area contributed by atoms with Gasteiger partial charge in [-0.1, -0.05) is 30.3 Å². The average molecular weight is 312 g/mol. The molecule has 0 saturated carbocycles. The highest BCUT2D eigenvalue weighted by Gasteiger charge is 2.03. The summed E-state index contributed by atoms with van der Waals surface area (Å²) < 4.78 is 0. The Morgan fingerprint density at radius 3 is 2.55 bits per heavy atom. The lowest BCUT2D eigenvalue weighted by Crippen LogP contribution is -2.19. The molecule has 0 bridgehead atoms. The van der Waals surface area contributed by atoms with Crippen LogP contribution >= 0.6 is 11.8 Å². The van der Waals surface area contributed by atoms with Crippen molar-refractivity contribution in [1.29, 1.82) is 0 Å². The van der Waals surface area contributed by atoms with E-state index in [0.717, 1.165) is 10.5 Å². The van der Waals surface area contributed by atoms with E-state index in [2.05, 4.69) is 37.4 Å². The van der Waals surface area contributed by atoms with Gasteiger partial charge in [0.1, 0.15) is 0 Å². The van der Waals surface area contributed by atoms with Crippen LogP contribution in [0.15, 0.2) is 52.5 Å². The molecular formula is C18H20N2OS. The number of carbonyl (C=O) groups is 1. The van der Waals surface area contributed by atoms with E-state index in [9.17, 15) is 4.79 Å². The summed E-state index contributed by atoms with van der Waals surface area (Å²) in [6, 6.07) is 13.9. The molecule has 0 aliphatic heterocycles. The van der Waals surface area contributed by atoms with Crippen molar-refractivity contribution in [3.8, 4) is 0 Å². The van der Waals surface area contributed by atoms with E-state index in [1.54, 1.807) is 6.21 Å². The first-order valence-electron chi connectivity index (χ1n) is 7.14. The van der Waals surface area contributed by atoms with Gasteiger partial charge >= 0.3 is 0 Å². The normalized spacial score (nSPS) is 10.9.